The van der Waals surface area contributed by atoms with E-state index in [1.54, 1.807) is 14.0 Å². The van der Waals surface area contributed by atoms with Gasteiger partial charge in [0.05, 0.1) is 25.9 Å². The van der Waals surface area contributed by atoms with Crippen LogP contribution in [0.3, 0.4) is 0 Å². The van der Waals surface area contributed by atoms with E-state index < -0.39 is 22.8 Å². The van der Waals surface area contributed by atoms with Crippen molar-refractivity contribution in [3.05, 3.63) is 208 Å². The third kappa shape index (κ3) is 9.75. The van der Waals surface area contributed by atoms with Crippen molar-refractivity contribution in [2.45, 2.75) is 102 Å². The molecule has 8 aromatic carbocycles. The van der Waals surface area contributed by atoms with Crippen molar-refractivity contribution in [3.63, 3.8) is 0 Å². The summed E-state index contributed by atoms with van der Waals surface area (Å²) in [5, 5.41) is 4.54. The van der Waals surface area contributed by atoms with Crippen LogP contribution in [0.2, 0.25) is 0 Å². The highest BCUT2D eigenvalue weighted by atomic mass is 19.4. The number of alkyl halides is 3. The van der Waals surface area contributed by atoms with Crippen molar-refractivity contribution in [1.29, 1.82) is 0 Å². The first kappa shape index (κ1) is 53.0. The molecule has 80 heavy (non-hydrogen) atoms. The molecule has 9 heteroatoms. The van der Waals surface area contributed by atoms with E-state index in [4.69, 9.17) is 14.2 Å². The zero-order valence-electron chi connectivity index (χ0n) is 46.4. The minimum absolute atomic E-state index is 0.225. The lowest BCUT2D eigenvalue weighted by atomic mass is 9.75. The summed E-state index contributed by atoms with van der Waals surface area (Å²) < 4.78 is 65.5. The molecule has 1 unspecified atom stereocenters. The fourth-order valence-corrected chi connectivity index (χ4v) is 13.6. The van der Waals surface area contributed by atoms with Gasteiger partial charge in [0.15, 0.2) is 5.60 Å². The third-order valence-electron chi connectivity index (χ3n) is 17.7. The highest BCUT2D eigenvalue weighted by Gasteiger charge is 2.49. The van der Waals surface area contributed by atoms with Crippen LogP contribution in [0, 0.1) is 12.8 Å². The maximum atomic E-state index is 15.3. The van der Waals surface area contributed by atoms with Gasteiger partial charge in [-0.3, -0.25) is 4.79 Å². The predicted octanol–water partition coefficient (Wildman–Crippen LogP) is 18.1. The molecule has 1 saturated carbocycles. The number of ether oxygens (including phenoxy) is 3. The van der Waals surface area contributed by atoms with Gasteiger partial charge in [-0.15, -0.1) is 0 Å². The van der Waals surface area contributed by atoms with Gasteiger partial charge in [-0.2, -0.15) is 13.2 Å². The Kier molecular flexibility index (Phi) is 14.2. The van der Waals surface area contributed by atoms with Gasteiger partial charge in [0.25, 0.3) is 5.91 Å². The molecule has 408 valence electrons. The van der Waals surface area contributed by atoms with Crippen molar-refractivity contribution >= 4 is 34.1 Å². The molecule has 0 bridgehead atoms. The van der Waals surface area contributed by atoms with Crippen molar-refractivity contribution < 1.29 is 32.2 Å². The first-order valence-electron chi connectivity index (χ1n) is 28.7. The number of rotatable bonds is 13. The minimum Gasteiger partial charge on any atom is -0.496 e. The number of fused-ring (bicyclic) bond motifs is 8. The average molecular weight is 1070 g/mol. The summed E-state index contributed by atoms with van der Waals surface area (Å²) in [5.74, 6) is 2.41. The Balaban J connectivity index is 0.873. The Hall–Kier alpha value is -7.62. The Labute approximate surface area is 468 Å². The van der Waals surface area contributed by atoms with Gasteiger partial charge >= 0.3 is 6.18 Å². The van der Waals surface area contributed by atoms with Crippen LogP contribution in [0.1, 0.15) is 133 Å². The van der Waals surface area contributed by atoms with Gasteiger partial charge in [0, 0.05) is 63.1 Å². The fraction of sp³-hybridized carbons (Fsp3) is 0.310. The number of benzene rings is 8. The van der Waals surface area contributed by atoms with E-state index in [9.17, 15) is 4.79 Å². The molecule has 8 aromatic rings. The minimum atomic E-state index is -4.60. The first-order chi connectivity index (χ1) is 38.7. The number of nitrogens with one attached hydrogen (secondary N) is 1. The standard InChI is InChI=1S/C71H69F3N2O4/c1-6-7-9-12-46-15-17-47(18-16-46)48-19-21-49(22-20-48)50-23-25-52(26-24-50)68(77)75-55-31-27-51(28-32-55)58-43-59-60(44-63(58)78-5)67-57(66-64(59)61-41-45(2)42-62(71(72,73)74)65(61)69(66,3)4)35-36-70(80-67,53-13-10-8-11-14-53)54-29-33-56(34-30-54)76-37-39-79-40-38-76/h8,10-11,13-14,19-36,41-44,46-47H,6-7,9,12,15-18,37-40H2,1-5H3,(H,75,77). The van der Waals surface area contributed by atoms with E-state index >= 15 is 13.2 Å². The number of hydrogen-bond donors (Lipinski definition) is 1. The highest BCUT2D eigenvalue weighted by molar-refractivity contribution is 6.11. The summed E-state index contributed by atoms with van der Waals surface area (Å²) in [5.41, 5.74) is 9.96. The quantitative estimate of drug-likeness (QED) is 0.117. The van der Waals surface area contributed by atoms with Crippen molar-refractivity contribution in [2.24, 2.45) is 5.92 Å². The molecule has 2 fully saturated rings. The highest BCUT2D eigenvalue weighted by Crippen LogP contribution is 2.61. The number of amides is 1. The van der Waals surface area contributed by atoms with Crippen LogP contribution in [-0.4, -0.2) is 39.3 Å². The van der Waals surface area contributed by atoms with Crippen molar-refractivity contribution in [1.82, 2.24) is 0 Å². The molecule has 1 saturated heterocycles. The van der Waals surface area contributed by atoms with Gasteiger partial charge in [0.1, 0.15) is 11.5 Å². The van der Waals surface area contributed by atoms with Crippen molar-refractivity contribution in [2.75, 3.05) is 43.6 Å². The second kappa shape index (κ2) is 21.5. The smallest absolute Gasteiger partial charge is 0.416 e. The first-order valence-corrected chi connectivity index (χ1v) is 28.7. The molecule has 2 heterocycles. The lowest BCUT2D eigenvalue weighted by Crippen LogP contribution is -2.37. The van der Waals surface area contributed by atoms with Gasteiger partial charge in [-0.25, -0.2) is 0 Å². The number of anilines is 2. The summed E-state index contributed by atoms with van der Waals surface area (Å²) in [6.07, 6.45) is 10.1. The van der Waals surface area contributed by atoms with Crippen LogP contribution in [-0.2, 0) is 21.9 Å². The average Bonchev–Trinajstić information content (AvgIpc) is 3.86. The maximum Gasteiger partial charge on any atom is 0.416 e. The lowest BCUT2D eigenvalue weighted by Gasteiger charge is -2.39. The van der Waals surface area contributed by atoms with Crippen LogP contribution in [0.4, 0.5) is 24.5 Å². The molecule has 6 nitrogen and oxygen atoms in total. The van der Waals surface area contributed by atoms with E-state index in [-0.39, 0.29) is 11.5 Å². The normalized spacial score (nSPS) is 19.2. The van der Waals surface area contributed by atoms with Crippen LogP contribution < -0.4 is 19.7 Å². The second-order valence-electron chi connectivity index (χ2n) is 23.1. The molecule has 1 atom stereocenters. The van der Waals surface area contributed by atoms with E-state index in [1.807, 2.05) is 98.8 Å². The van der Waals surface area contributed by atoms with E-state index in [2.05, 4.69) is 90.0 Å². The predicted molar refractivity (Wildman–Crippen MR) is 318 cm³/mol. The topological polar surface area (TPSA) is 60.0 Å². The molecule has 4 aliphatic rings. The molecule has 2 aliphatic carbocycles. The molecule has 2 aliphatic heterocycles. The maximum absolute atomic E-state index is 15.3. The number of unbranched alkanes of at least 4 members (excludes halogenated alkanes) is 2. The number of carbonyl (C=O) groups excluding carboxylic acids is 1. The second-order valence-corrected chi connectivity index (χ2v) is 23.1. The van der Waals surface area contributed by atoms with Gasteiger partial charge < -0.3 is 24.4 Å². The lowest BCUT2D eigenvalue weighted by molar-refractivity contribution is -0.138. The van der Waals surface area contributed by atoms with Gasteiger partial charge in [0.2, 0.25) is 0 Å². The Morgan fingerprint density at radius 1 is 0.725 bits per heavy atom. The number of aryl methyl sites for hydroxylation is 1. The van der Waals surface area contributed by atoms with Gasteiger partial charge in [-0.1, -0.05) is 150 Å². The molecule has 1 amide bonds. The number of halogens is 3. The summed E-state index contributed by atoms with van der Waals surface area (Å²) in [4.78, 5) is 16.1. The monoisotopic (exact) mass is 1070 g/mol. The van der Waals surface area contributed by atoms with Crippen LogP contribution >= 0.6 is 0 Å². The molecular weight excluding hydrogens is 1000 g/mol. The van der Waals surface area contributed by atoms with Crippen LogP contribution in [0.15, 0.2) is 158 Å². The molecule has 12 rings (SSSR count). The molecule has 0 spiro atoms. The Morgan fingerprint density at radius 3 is 2.05 bits per heavy atom. The van der Waals surface area contributed by atoms with Crippen LogP contribution in [0.5, 0.6) is 11.5 Å². The number of hydrogen-bond acceptors (Lipinski definition) is 5. The Bertz CT molecular complexity index is 3610. The summed E-state index contributed by atoms with van der Waals surface area (Å²) in [6.45, 7) is 10.7. The zero-order chi connectivity index (χ0) is 55.3. The molecule has 0 aromatic heterocycles. The van der Waals surface area contributed by atoms with E-state index in [1.165, 1.54) is 63.0 Å². The number of nitrogens with zero attached hydrogens (tertiary/aromatic N) is 1. The largest absolute Gasteiger partial charge is 0.496 e. The molecule has 1 N–H and O–H groups in total. The molecule has 0 radical (unpaired) electrons. The van der Waals surface area contributed by atoms with Gasteiger partial charge in [-0.05, 0) is 161 Å². The summed E-state index contributed by atoms with van der Waals surface area (Å²) in [7, 11) is 1.63. The zero-order valence-corrected chi connectivity index (χ0v) is 46.4. The number of morpholine rings is 1. The third-order valence-corrected chi connectivity index (χ3v) is 17.7. The van der Waals surface area contributed by atoms with Crippen LogP contribution in [0.25, 0.3) is 50.2 Å². The SMILES string of the molecule is CCCCCC1CCC(c2ccc(-c3ccc(C(=O)Nc4ccc(-c5cc6c7c(c8c(c6cc5OC)OC(c5ccccc5)(c5ccc(N6CCOCC6)cc5)C=C8)C(C)(C)c5c-7cc(C)cc5C(F)(F)F)cc4)cc3)cc2)CC1. The molecular formula is C71H69F3N2O4. The van der Waals surface area contributed by atoms with E-state index in [0.29, 0.717) is 58.4 Å². The van der Waals surface area contributed by atoms with Crippen molar-refractivity contribution in [3.8, 4) is 44.9 Å². The number of methoxy groups -OCH3 is 1. The number of carbonyl (C=O) groups is 1. The Morgan fingerprint density at radius 2 is 1.39 bits per heavy atom. The summed E-state index contributed by atoms with van der Waals surface area (Å²) >= 11 is 0. The fourth-order valence-electron chi connectivity index (χ4n) is 13.6. The van der Waals surface area contributed by atoms with E-state index in [0.717, 1.165) is 80.2 Å². The summed E-state index contributed by atoms with van der Waals surface area (Å²) in [6, 6.07) is 50.1.